The monoisotopic (exact) mass is 199 g/mol. The van der Waals surface area contributed by atoms with Crippen LogP contribution in [0.5, 0.6) is 0 Å². The Morgan fingerprint density at radius 1 is 1.43 bits per heavy atom. The molecule has 1 saturated carbocycles. The van der Waals surface area contributed by atoms with Crippen LogP contribution < -0.4 is 5.73 Å². The molecule has 2 heteroatoms. The minimum Gasteiger partial charge on any atom is -0.390 e. The lowest BCUT2D eigenvalue weighted by atomic mass is 9.66. The zero-order valence-electron chi connectivity index (χ0n) is 9.79. The summed E-state index contributed by atoms with van der Waals surface area (Å²) in [6, 6.07) is 0. The molecule has 0 bridgehead atoms. The van der Waals surface area contributed by atoms with Crippen LogP contribution in [0.1, 0.15) is 46.5 Å². The molecule has 1 rings (SSSR count). The van der Waals surface area contributed by atoms with Gasteiger partial charge in [-0.2, -0.15) is 0 Å². The Kier molecular flexibility index (Phi) is 3.96. The van der Waals surface area contributed by atoms with Crippen LogP contribution in [-0.4, -0.2) is 17.3 Å². The zero-order chi connectivity index (χ0) is 10.8. The fourth-order valence-electron chi connectivity index (χ4n) is 3.08. The third-order valence-corrected chi connectivity index (χ3v) is 3.74. The summed E-state index contributed by atoms with van der Waals surface area (Å²) in [6.07, 6.45) is 4.12. The highest BCUT2D eigenvalue weighted by Gasteiger charge is 2.41. The molecule has 0 aliphatic heterocycles. The minimum atomic E-state index is -0.486. The van der Waals surface area contributed by atoms with Gasteiger partial charge in [-0.1, -0.05) is 27.2 Å². The summed E-state index contributed by atoms with van der Waals surface area (Å²) in [7, 11) is 0. The van der Waals surface area contributed by atoms with Crippen molar-refractivity contribution in [1.82, 2.24) is 0 Å². The summed E-state index contributed by atoms with van der Waals surface area (Å²) in [4.78, 5) is 0. The molecule has 0 saturated heterocycles. The van der Waals surface area contributed by atoms with Crippen LogP contribution in [0.4, 0.5) is 0 Å². The normalized spacial score (nSPS) is 39.0. The largest absolute Gasteiger partial charge is 0.390 e. The molecule has 3 atom stereocenters. The zero-order valence-corrected chi connectivity index (χ0v) is 9.79. The Balaban J connectivity index is 2.72. The van der Waals surface area contributed by atoms with Crippen LogP contribution in [0.25, 0.3) is 0 Å². The second-order valence-electron chi connectivity index (χ2n) is 5.38. The van der Waals surface area contributed by atoms with E-state index in [0.717, 1.165) is 19.3 Å². The first kappa shape index (κ1) is 12.0. The maximum absolute atomic E-state index is 10.6. The summed E-state index contributed by atoms with van der Waals surface area (Å²) in [5.74, 6) is 1.67. The molecule has 3 unspecified atom stereocenters. The second-order valence-corrected chi connectivity index (χ2v) is 5.38. The topological polar surface area (TPSA) is 46.2 Å². The van der Waals surface area contributed by atoms with Gasteiger partial charge in [-0.05, 0) is 43.6 Å². The molecule has 84 valence electrons. The highest BCUT2D eigenvalue weighted by Crippen LogP contribution is 2.42. The first-order valence-electron chi connectivity index (χ1n) is 5.92. The minimum absolute atomic E-state index is 0.447. The van der Waals surface area contributed by atoms with Crippen molar-refractivity contribution < 1.29 is 5.11 Å². The maximum Gasteiger partial charge on any atom is 0.0692 e. The quantitative estimate of drug-likeness (QED) is 0.731. The van der Waals surface area contributed by atoms with E-state index in [2.05, 4.69) is 20.8 Å². The summed E-state index contributed by atoms with van der Waals surface area (Å²) in [6.45, 7) is 7.26. The molecule has 1 aliphatic rings. The maximum atomic E-state index is 10.6. The van der Waals surface area contributed by atoms with Gasteiger partial charge in [-0.15, -0.1) is 0 Å². The van der Waals surface area contributed by atoms with Crippen LogP contribution in [0.15, 0.2) is 0 Å². The molecule has 3 N–H and O–H groups in total. The van der Waals surface area contributed by atoms with Crippen LogP contribution >= 0.6 is 0 Å². The van der Waals surface area contributed by atoms with Gasteiger partial charge in [0.2, 0.25) is 0 Å². The number of rotatable bonds is 3. The number of aliphatic hydroxyl groups is 1. The Hall–Kier alpha value is -0.0800. The van der Waals surface area contributed by atoms with Gasteiger partial charge < -0.3 is 10.8 Å². The van der Waals surface area contributed by atoms with Crippen LogP contribution in [0.3, 0.4) is 0 Å². The molecule has 2 nitrogen and oxygen atoms in total. The molecule has 0 spiro atoms. The van der Waals surface area contributed by atoms with Gasteiger partial charge in [0.05, 0.1) is 5.60 Å². The van der Waals surface area contributed by atoms with Gasteiger partial charge in [-0.25, -0.2) is 0 Å². The molecule has 0 aromatic heterocycles. The number of hydrogen-bond acceptors (Lipinski definition) is 2. The van der Waals surface area contributed by atoms with Crippen molar-refractivity contribution >= 4 is 0 Å². The Morgan fingerprint density at radius 3 is 2.57 bits per heavy atom. The van der Waals surface area contributed by atoms with E-state index in [4.69, 9.17) is 5.73 Å². The Morgan fingerprint density at radius 2 is 2.07 bits per heavy atom. The van der Waals surface area contributed by atoms with E-state index in [9.17, 15) is 5.11 Å². The van der Waals surface area contributed by atoms with E-state index in [1.807, 2.05) is 0 Å². The molecule has 0 heterocycles. The molecule has 1 fully saturated rings. The van der Waals surface area contributed by atoms with Crippen LogP contribution in [-0.2, 0) is 0 Å². The molecule has 1 aliphatic carbocycles. The van der Waals surface area contributed by atoms with Crippen molar-refractivity contribution in [3.63, 3.8) is 0 Å². The fourth-order valence-corrected chi connectivity index (χ4v) is 3.08. The van der Waals surface area contributed by atoms with E-state index in [-0.39, 0.29) is 0 Å². The standard InChI is InChI=1S/C12H25NO/c1-9(2)11-5-4-10(3)8-12(11,14)6-7-13/h9-11,14H,4-8,13H2,1-3H3. The first-order chi connectivity index (χ1) is 6.49. The third kappa shape index (κ3) is 2.48. The SMILES string of the molecule is CC1CCC(C(C)C)C(O)(CCN)C1. The highest BCUT2D eigenvalue weighted by molar-refractivity contribution is 4.93. The van der Waals surface area contributed by atoms with Crippen molar-refractivity contribution in [3.8, 4) is 0 Å². The van der Waals surface area contributed by atoms with Gasteiger partial charge in [0.1, 0.15) is 0 Å². The average molecular weight is 199 g/mol. The van der Waals surface area contributed by atoms with Gasteiger partial charge in [0, 0.05) is 0 Å². The lowest BCUT2D eigenvalue weighted by Gasteiger charge is -2.44. The lowest BCUT2D eigenvalue weighted by molar-refractivity contribution is -0.0839. The van der Waals surface area contributed by atoms with Crippen molar-refractivity contribution in [1.29, 1.82) is 0 Å². The molecule has 0 aromatic carbocycles. The van der Waals surface area contributed by atoms with Gasteiger partial charge >= 0.3 is 0 Å². The summed E-state index contributed by atoms with van der Waals surface area (Å²) >= 11 is 0. The number of nitrogens with two attached hydrogens (primary N) is 1. The second kappa shape index (κ2) is 4.63. The molecule has 0 aromatic rings. The smallest absolute Gasteiger partial charge is 0.0692 e. The van der Waals surface area contributed by atoms with Crippen LogP contribution in [0.2, 0.25) is 0 Å². The number of hydrogen-bond donors (Lipinski definition) is 2. The molecule has 0 radical (unpaired) electrons. The predicted molar refractivity (Wildman–Crippen MR) is 60.0 cm³/mol. The highest BCUT2D eigenvalue weighted by atomic mass is 16.3. The Labute approximate surface area is 87.9 Å². The van der Waals surface area contributed by atoms with Crippen molar-refractivity contribution in [3.05, 3.63) is 0 Å². The van der Waals surface area contributed by atoms with Crippen molar-refractivity contribution in [2.24, 2.45) is 23.5 Å². The summed E-state index contributed by atoms with van der Waals surface area (Å²) < 4.78 is 0. The molecular weight excluding hydrogens is 174 g/mol. The van der Waals surface area contributed by atoms with E-state index >= 15 is 0 Å². The van der Waals surface area contributed by atoms with Crippen molar-refractivity contribution in [2.75, 3.05) is 6.54 Å². The molecule has 0 amide bonds. The van der Waals surface area contributed by atoms with Gasteiger partial charge in [0.15, 0.2) is 0 Å². The Bertz CT molecular complexity index is 181. The third-order valence-electron chi connectivity index (χ3n) is 3.74. The first-order valence-corrected chi connectivity index (χ1v) is 5.92. The van der Waals surface area contributed by atoms with E-state index in [0.29, 0.717) is 24.3 Å². The molecule has 14 heavy (non-hydrogen) atoms. The average Bonchev–Trinajstić information content (AvgIpc) is 2.02. The molecular formula is C12H25NO. The summed E-state index contributed by atoms with van der Waals surface area (Å²) in [5, 5.41) is 10.6. The van der Waals surface area contributed by atoms with Gasteiger partial charge in [0.25, 0.3) is 0 Å². The summed E-state index contributed by atoms with van der Waals surface area (Å²) in [5.41, 5.74) is 5.11. The lowest BCUT2D eigenvalue weighted by Crippen LogP contribution is -2.46. The van der Waals surface area contributed by atoms with E-state index < -0.39 is 5.60 Å². The predicted octanol–water partition coefficient (Wildman–Crippen LogP) is 2.16. The van der Waals surface area contributed by atoms with E-state index in [1.165, 1.54) is 6.42 Å². The van der Waals surface area contributed by atoms with Crippen LogP contribution in [0, 0.1) is 17.8 Å². The fraction of sp³-hybridized carbons (Fsp3) is 1.00. The van der Waals surface area contributed by atoms with E-state index in [1.54, 1.807) is 0 Å². The van der Waals surface area contributed by atoms with Gasteiger partial charge in [-0.3, -0.25) is 0 Å². The van der Waals surface area contributed by atoms with Crippen molar-refractivity contribution in [2.45, 2.75) is 52.1 Å².